The number of rotatable bonds is 2. The fourth-order valence-corrected chi connectivity index (χ4v) is 7.73. The molecule has 0 unspecified atom stereocenters. The number of aliphatic hydroxyl groups excluding tert-OH is 1. The number of hydrogen-bond donors (Lipinski definition) is 4. The molecule has 146 valence electrons. The Labute approximate surface area is 153 Å². The molecule has 0 saturated heterocycles. The molecule has 4 aliphatic carbocycles. The summed E-state index contributed by atoms with van der Waals surface area (Å²) in [5.41, 5.74) is -2.82. The minimum atomic E-state index is -1.35. The predicted octanol–water partition coefficient (Wildman–Crippen LogP) is 2.27. The van der Waals surface area contributed by atoms with Crippen molar-refractivity contribution in [2.24, 2.45) is 34.5 Å². The van der Waals surface area contributed by atoms with Crippen LogP contribution in [0.2, 0.25) is 0 Å². The summed E-state index contributed by atoms with van der Waals surface area (Å²) in [6.07, 6.45) is 4.23. The molecule has 0 radical (unpaired) electrons. The van der Waals surface area contributed by atoms with Gasteiger partial charge in [-0.3, -0.25) is 9.59 Å². The molecule has 0 amide bonds. The molecule has 0 aromatic heterocycles. The van der Waals surface area contributed by atoms with Gasteiger partial charge in [-0.2, -0.15) is 0 Å². The highest BCUT2D eigenvalue weighted by Crippen LogP contribution is 2.68. The normalized spacial score (nSPS) is 53.3. The smallest absolute Gasteiger partial charge is 0.312 e. The van der Waals surface area contributed by atoms with Crippen molar-refractivity contribution in [2.75, 3.05) is 0 Å². The van der Waals surface area contributed by atoms with Crippen LogP contribution >= 0.6 is 0 Å². The van der Waals surface area contributed by atoms with Crippen LogP contribution in [-0.4, -0.2) is 44.1 Å². The Bertz CT molecular complexity index is 634. The fraction of sp³-hybridized carbons (Fsp3) is 0.900. The van der Waals surface area contributed by atoms with E-state index in [4.69, 9.17) is 0 Å². The van der Waals surface area contributed by atoms with Crippen molar-refractivity contribution in [3.63, 3.8) is 0 Å². The van der Waals surface area contributed by atoms with E-state index in [1.165, 1.54) is 0 Å². The number of carboxylic acids is 2. The predicted molar refractivity (Wildman–Crippen MR) is 92.3 cm³/mol. The number of aliphatic carboxylic acids is 2. The van der Waals surface area contributed by atoms with Crippen molar-refractivity contribution in [3.05, 3.63) is 0 Å². The molecule has 4 saturated carbocycles. The second-order valence-electron chi connectivity index (χ2n) is 9.63. The van der Waals surface area contributed by atoms with Crippen LogP contribution in [0.25, 0.3) is 0 Å². The van der Waals surface area contributed by atoms with E-state index < -0.39 is 29.1 Å². The standard InChI is InChI=1S/C20H30O6/c1-18-7-6-14-12(13(18)2-3-15(18)16(22)23)5-8-19(26)10-11(21)4-9-20(14,19)17(24)25/h11-15,21,26H,2-10H2,1H3,(H,22,23)(H,24,25)/t11-,12-,13-,14-,15+,18+,19-,20-/m1/s1. The first kappa shape index (κ1) is 18.2. The molecule has 4 aliphatic rings. The molecule has 26 heavy (non-hydrogen) atoms. The minimum Gasteiger partial charge on any atom is -0.481 e. The summed E-state index contributed by atoms with van der Waals surface area (Å²) in [6.45, 7) is 2.08. The minimum absolute atomic E-state index is 0.128. The third-order valence-corrected chi connectivity index (χ3v) is 8.92. The van der Waals surface area contributed by atoms with E-state index in [0.29, 0.717) is 38.5 Å². The van der Waals surface area contributed by atoms with Gasteiger partial charge in [0.05, 0.1) is 23.0 Å². The van der Waals surface area contributed by atoms with Gasteiger partial charge in [-0.15, -0.1) is 0 Å². The molecule has 0 bridgehead atoms. The largest absolute Gasteiger partial charge is 0.481 e. The Hall–Kier alpha value is -1.14. The van der Waals surface area contributed by atoms with E-state index in [-0.39, 0.29) is 35.5 Å². The lowest BCUT2D eigenvalue weighted by atomic mass is 9.42. The van der Waals surface area contributed by atoms with Crippen LogP contribution in [0.15, 0.2) is 0 Å². The highest BCUT2D eigenvalue weighted by atomic mass is 16.4. The molecule has 8 atom stereocenters. The molecule has 0 aromatic rings. The summed E-state index contributed by atoms with van der Waals surface area (Å²) in [7, 11) is 0. The van der Waals surface area contributed by atoms with E-state index in [9.17, 15) is 30.0 Å². The highest BCUT2D eigenvalue weighted by Gasteiger charge is 2.69. The van der Waals surface area contributed by atoms with Gasteiger partial charge in [0.2, 0.25) is 0 Å². The molecular weight excluding hydrogens is 336 g/mol. The molecule has 0 spiro atoms. The fourth-order valence-electron chi connectivity index (χ4n) is 7.73. The van der Waals surface area contributed by atoms with Gasteiger partial charge in [-0.25, -0.2) is 0 Å². The summed E-state index contributed by atoms with van der Waals surface area (Å²) in [4.78, 5) is 24.2. The summed E-state index contributed by atoms with van der Waals surface area (Å²) in [5, 5.41) is 41.3. The van der Waals surface area contributed by atoms with Gasteiger partial charge < -0.3 is 20.4 Å². The Morgan fingerprint density at radius 1 is 0.923 bits per heavy atom. The Kier molecular flexibility index (Phi) is 3.98. The van der Waals surface area contributed by atoms with Gasteiger partial charge >= 0.3 is 11.9 Å². The zero-order valence-electron chi connectivity index (χ0n) is 15.4. The van der Waals surface area contributed by atoms with Crippen LogP contribution in [0.5, 0.6) is 0 Å². The van der Waals surface area contributed by atoms with E-state index in [1.54, 1.807) is 0 Å². The van der Waals surface area contributed by atoms with Crippen LogP contribution in [0.3, 0.4) is 0 Å². The molecule has 0 aromatic carbocycles. The first-order chi connectivity index (χ1) is 12.2. The molecule has 0 heterocycles. The van der Waals surface area contributed by atoms with Crippen LogP contribution < -0.4 is 0 Å². The van der Waals surface area contributed by atoms with E-state index in [2.05, 4.69) is 6.92 Å². The second-order valence-corrected chi connectivity index (χ2v) is 9.63. The quantitative estimate of drug-likeness (QED) is 0.596. The lowest BCUT2D eigenvalue weighted by molar-refractivity contribution is -0.235. The number of carbonyl (C=O) groups is 2. The zero-order chi connectivity index (χ0) is 18.9. The van der Waals surface area contributed by atoms with Crippen molar-refractivity contribution in [3.8, 4) is 0 Å². The van der Waals surface area contributed by atoms with Crippen LogP contribution in [0, 0.1) is 34.5 Å². The monoisotopic (exact) mass is 366 g/mol. The summed E-state index contributed by atoms with van der Waals surface area (Å²) in [6, 6.07) is 0. The SMILES string of the molecule is C[C@]12CC[C@@H]3[C@H](CC[C@@]4(O)C[C@H](O)CC[C@]34C(=O)O)[C@H]1CC[C@H]2C(=O)O. The Balaban J connectivity index is 1.73. The second kappa shape index (κ2) is 5.68. The summed E-state index contributed by atoms with van der Waals surface area (Å²) < 4.78 is 0. The Morgan fingerprint density at radius 2 is 1.65 bits per heavy atom. The molecule has 4 N–H and O–H groups in total. The van der Waals surface area contributed by atoms with Gasteiger partial charge in [-0.1, -0.05) is 6.92 Å². The summed E-state index contributed by atoms with van der Waals surface area (Å²) >= 11 is 0. The van der Waals surface area contributed by atoms with Gasteiger partial charge in [0.25, 0.3) is 0 Å². The summed E-state index contributed by atoms with van der Waals surface area (Å²) in [5.74, 6) is -1.76. The van der Waals surface area contributed by atoms with Crippen molar-refractivity contribution in [1.82, 2.24) is 0 Å². The average molecular weight is 366 g/mol. The van der Waals surface area contributed by atoms with E-state index in [1.807, 2.05) is 0 Å². The topological polar surface area (TPSA) is 115 Å². The lowest BCUT2D eigenvalue weighted by Gasteiger charge is -2.62. The van der Waals surface area contributed by atoms with Crippen LogP contribution in [-0.2, 0) is 9.59 Å². The molecule has 0 aliphatic heterocycles. The maximum absolute atomic E-state index is 12.5. The van der Waals surface area contributed by atoms with E-state index in [0.717, 1.165) is 12.8 Å². The molecular formula is C20H30O6. The lowest BCUT2D eigenvalue weighted by Crippen LogP contribution is -2.67. The number of aliphatic hydroxyl groups is 2. The van der Waals surface area contributed by atoms with Crippen LogP contribution in [0.1, 0.15) is 64.7 Å². The maximum Gasteiger partial charge on any atom is 0.312 e. The third-order valence-electron chi connectivity index (χ3n) is 8.92. The number of carboxylic acid groups (broad SMARTS) is 2. The molecule has 6 nitrogen and oxygen atoms in total. The first-order valence-electron chi connectivity index (χ1n) is 10.0. The van der Waals surface area contributed by atoms with Crippen molar-refractivity contribution >= 4 is 11.9 Å². The van der Waals surface area contributed by atoms with Gasteiger partial charge in [0.1, 0.15) is 0 Å². The van der Waals surface area contributed by atoms with Crippen molar-refractivity contribution in [1.29, 1.82) is 0 Å². The maximum atomic E-state index is 12.5. The van der Waals surface area contributed by atoms with Crippen LogP contribution in [0.4, 0.5) is 0 Å². The van der Waals surface area contributed by atoms with Gasteiger partial charge in [0.15, 0.2) is 0 Å². The van der Waals surface area contributed by atoms with Crippen molar-refractivity contribution < 1.29 is 30.0 Å². The Morgan fingerprint density at radius 3 is 2.31 bits per heavy atom. The number of fused-ring (bicyclic) bond motifs is 5. The average Bonchev–Trinajstić information content (AvgIpc) is 2.91. The first-order valence-corrected chi connectivity index (χ1v) is 10.0. The van der Waals surface area contributed by atoms with Gasteiger partial charge in [-0.05, 0) is 74.5 Å². The molecule has 6 heteroatoms. The number of hydrogen-bond acceptors (Lipinski definition) is 4. The van der Waals surface area contributed by atoms with E-state index >= 15 is 0 Å². The highest BCUT2D eigenvalue weighted by molar-refractivity contribution is 5.78. The zero-order valence-corrected chi connectivity index (χ0v) is 15.4. The van der Waals surface area contributed by atoms with Gasteiger partial charge in [0, 0.05) is 6.42 Å². The molecule has 4 rings (SSSR count). The molecule has 4 fully saturated rings. The van der Waals surface area contributed by atoms with Crippen molar-refractivity contribution in [2.45, 2.75) is 76.4 Å². The third kappa shape index (κ3) is 2.12.